The van der Waals surface area contributed by atoms with Gasteiger partial charge in [-0.1, -0.05) is 17.7 Å². The van der Waals surface area contributed by atoms with E-state index in [1.807, 2.05) is 0 Å². The van der Waals surface area contributed by atoms with Gasteiger partial charge in [0.15, 0.2) is 0 Å². The third kappa shape index (κ3) is 2.99. The summed E-state index contributed by atoms with van der Waals surface area (Å²) >= 11 is 0. The molecule has 1 atom stereocenters. The van der Waals surface area contributed by atoms with Crippen LogP contribution in [-0.4, -0.2) is 36.5 Å². The maximum absolute atomic E-state index is 10.00. The number of morpholine rings is 1. The van der Waals surface area contributed by atoms with Crippen molar-refractivity contribution in [2.24, 2.45) is 0 Å². The Labute approximate surface area is 103 Å². The summed E-state index contributed by atoms with van der Waals surface area (Å²) in [6.07, 6.45) is -0.127. The molecule has 1 aliphatic rings. The third-order valence-corrected chi connectivity index (χ3v) is 3.25. The van der Waals surface area contributed by atoms with Crippen LogP contribution in [0.3, 0.4) is 0 Å². The van der Waals surface area contributed by atoms with E-state index < -0.39 is 5.60 Å². The number of aryl methyl sites for hydroxylation is 1. The molecule has 2 rings (SSSR count). The molecular formula is C14H21NO2. The Balaban J connectivity index is 2.09. The zero-order valence-electron chi connectivity index (χ0n) is 10.8. The number of nitrogens with zero attached hydrogens (tertiary/aromatic N) is 1. The van der Waals surface area contributed by atoms with Crippen molar-refractivity contribution in [2.75, 3.05) is 24.6 Å². The largest absolute Gasteiger partial charge is 0.388 e. The van der Waals surface area contributed by atoms with E-state index in [-0.39, 0.29) is 6.10 Å². The molecule has 0 radical (unpaired) electrons. The minimum atomic E-state index is -0.788. The summed E-state index contributed by atoms with van der Waals surface area (Å²) in [6.45, 7) is 7.99. The molecule has 1 aromatic rings. The number of hydrogen-bond acceptors (Lipinski definition) is 3. The standard InChI is InChI=1S/C14H21NO2/c1-11-4-6-12(7-5-11)15-8-9-17-13(10-15)14(2,3)16/h4-7,13,16H,8-10H2,1-3H3. The van der Waals surface area contributed by atoms with Gasteiger partial charge in [0.1, 0.15) is 6.10 Å². The molecule has 0 spiro atoms. The van der Waals surface area contributed by atoms with Crippen molar-refractivity contribution in [1.29, 1.82) is 0 Å². The second-order valence-electron chi connectivity index (χ2n) is 5.29. The van der Waals surface area contributed by atoms with Crippen LogP contribution in [0, 0.1) is 6.92 Å². The minimum absolute atomic E-state index is 0.127. The summed E-state index contributed by atoms with van der Waals surface area (Å²) in [5.74, 6) is 0. The lowest BCUT2D eigenvalue weighted by Gasteiger charge is -2.39. The van der Waals surface area contributed by atoms with Gasteiger partial charge in [-0.05, 0) is 32.9 Å². The Hall–Kier alpha value is -1.06. The fraction of sp³-hybridized carbons (Fsp3) is 0.571. The van der Waals surface area contributed by atoms with E-state index in [0.29, 0.717) is 6.61 Å². The van der Waals surface area contributed by atoms with E-state index in [9.17, 15) is 5.11 Å². The predicted octanol–water partition coefficient (Wildman–Crippen LogP) is 1.97. The predicted molar refractivity (Wildman–Crippen MR) is 69.4 cm³/mol. The van der Waals surface area contributed by atoms with Gasteiger partial charge < -0.3 is 14.7 Å². The van der Waals surface area contributed by atoms with Gasteiger partial charge in [-0.2, -0.15) is 0 Å². The molecule has 3 heteroatoms. The normalized spacial score (nSPS) is 21.6. The van der Waals surface area contributed by atoms with E-state index >= 15 is 0 Å². The summed E-state index contributed by atoms with van der Waals surface area (Å²) < 4.78 is 5.63. The number of benzene rings is 1. The fourth-order valence-electron chi connectivity index (χ4n) is 2.07. The van der Waals surface area contributed by atoms with Crippen LogP contribution in [0.25, 0.3) is 0 Å². The zero-order chi connectivity index (χ0) is 12.5. The lowest BCUT2D eigenvalue weighted by molar-refractivity contribution is -0.0927. The number of rotatable bonds is 2. The van der Waals surface area contributed by atoms with Crippen molar-refractivity contribution in [3.05, 3.63) is 29.8 Å². The molecule has 0 aliphatic carbocycles. The van der Waals surface area contributed by atoms with E-state index in [1.54, 1.807) is 13.8 Å². The van der Waals surface area contributed by atoms with Gasteiger partial charge in [-0.25, -0.2) is 0 Å². The Morgan fingerprint density at radius 1 is 1.29 bits per heavy atom. The van der Waals surface area contributed by atoms with Gasteiger partial charge in [0.05, 0.1) is 12.2 Å². The minimum Gasteiger partial charge on any atom is -0.388 e. The van der Waals surface area contributed by atoms with Crippen molar-refractivity contribution in [1.82, 2.24) is 0 Å². The second-order valence-corrected chi connectivity index (χ2v) is 5.29. The van der Waals surface area contributed by atoms with Crippen molar-refractivity contribution < 1.29 is 9.84 Å². The highest BCUT2D eigenvalue weighted by Crippen LogP contribution is 2.22. The molecule has 0 bridgehead atoms. The number of hydrogen-bond donors (Lipinski definition) is 1. The first-order valence-electron chi connectivity index (χ1n) is 6.12. The SMILES string of the molecule is Cc1ccc(N2CCOC(C(C)(C)O)C2)cc1. The summed E-state index contributed by atoms with van der Waals surface area (Å²) in [5, 5.41) is 10.00. The van der Waals surface area contributed by atoms with Crippen molar-refractivity contribution in [3.63, 3.8) is 0 Å². The highest BCUT2D eigenvalue weighted by atomic mass is 16.5. The molecule has 1 unspecified atom stereocenters. The number of anilines is 1. The van der Waals surface area contributed by atoms with Gasteiger partial charge >= 0.3 is 0 Å². The van der Waals surface area contributed by atoms with Crippen molar-refractivity contribution in [2.45, 2.75) is 32.5 Å². The monoisotopic (exact) mass is 235 g/mol. The maximum Gasteiger partial charge on any atom is 0.103 e. The first kappa shape index (κ1) is 12.4. The molecule has 3 nitrogen and oxygen atoms in total. The van der Waals surface area contributed by atoms with Crippen LogP contribution in [0.5, 0.6) is 0 Å². The average Bonchev–Trinajstić information content (AvgIpc) is 2.29. The molecule has 0 aromatic heterocycles. The second kappa shape index (κ2) is 4.67. The summed E-state index contributed by atoms with van der Waals surface area (Å²) in [4.78, 5) is 2.27. The van der Waals surface area contributed by atoms with E-state index in [1.165, 1.54) is 11.3 Å². The fourth-order valence-corrected chi connectivity index (χ4v) is 2.07. The van der Waals surface area contributed by atoms with Gasteiger partial charge in [0.25, 0.3) is 0 Å². The number of aliphatic hydroxyl groups is 1. The highest BCUT2D eigenvalue weighted by Gasteiger charge is 2.32. The lowest BCUT2D eigenvalue weighted by Crippen LogP contribution is -2.52. The Morgan fingerprint density at radius 3 is 2.53 bits per heavy atom. The molecule has 1 aliphatic heterocycles. The smallest absolute Gasteiger partial charge is 0.103 e. The van der Waals surface area contributed by atoms with Crippen LogP contribution in [0.2, 0.25) is 0 Å². The molecule has 94 valence electrons. The molecule has 1 N–H and O–H groups in total. The van der Waals surface area contributed by atoms with Gasteiger partial charge in [-0.3, -0.25) is 0 Å². The molecule has 1 saturated heterocycles. The van der Waals surface area contributed by atoms with Crippen LogP contribution in [0.4, 0.5) is 5.69 Å². The highest BCUT2D eigenvalue weighted by molar-refractivity contribution is 5.48. The maximum atomic E-state index is 10.00. The quantitative estimate of drug-likeness (QED) is 0.850. The molecule has 1 aromatic carbocycles. The Morgan fingerprint density at radius 2 is 1.94 bits per heavy atom. The third-order valence-electron chi connectivity index (χ3n) is 3.25. The molecular weight excluding hydrogens is 214 g/mol. The molecule has 17 heavy (non-hydrogen) atoms. The topological polar surface area (TPSA) is 32.7 Å². The van der Waals surface area contributed by atoms with Crippen LogP contribution in [0.1, 0.15) is 19.4 Å². The average molecular weight is 235 g/mol. The molecule has 0 amide bonds. The zero-order valence-corrected chi connectivity index (χ0v) is 10.8. The first-order chi connectivity index (χ1) is 7.97. The van der Waals surface area contributed by atoms with E-state index in [4.69, 9.17) is 4.74 Å². The molecule has 1 fully saturated rings. The van der Waals surface area contributed by atoms with E-state index in [0.717, 1.165) is 13.1 Å². The van der Waals surface area contributed by atoms with Crippen LogP contribution < -0.4 is 4.90 Å². The lowest BCUT2D eigenvalue weighted by atomic mass is 10.00. The Kier molecular flexibility index (Phi) is 3.40. The molecule has 1 heterocycles. The van der Waals surface area contributed by atoms with Gasteiger partial charge in [0, 0.05) is 18.8 Å². The van der Waals surface area contributed by atoms with Crippen LogP contribution in [0.15, 0.2) is 24.3 Å². The van der Waals surface area contributed by atoms with Crippen LogP contribution >= 0.6 is 0 Å². The first-order valence-corrected chi connectivity index (χ1v) is 6.12. The van der Waals surface area contributed by atoms with Crippen LogP contribution in [-0.2, 0) is 4.74 Å². The van der Waals surface area contributed by atoms with Crippen molar-refractivity contribution in [3.8, 4) is 0 Å². The molecule has 0 saturated carbocycles. The summed E-state index contributed by atoms with van der Waals surface area (Å²) in [5.41, 5.74) is 1.68. The number of ether oxygens (including phenoxy) is 1. The summed E-state index contributed by atoms with van der Waals surface area (Å²) in [7, 11) is 0. The van der Waals surface area contributed by atoms with Crippen molar-refractivity contribution >= 4 is 5.69 Å². The summed E-state index contributed by atoms with van der Waals surface area (Å²) in [6, 6.07) is 8.48. The van der Waals surface area contributed by atoms with Gasteiger partial charge in [0.2, 0.25) is 0 Å². The van der Waals surface area contributed by atoms with E-state index in [2.05, 4.69) is 36.1 Å². The Bertz CT molecular complexity index is 367. The van der Waals surface area contributed by atoms with Gasteiger partial charge in [-0.15, -0.1) is 0 Å².